The summed E-state index contributed by atoms with van der Waals surface area (Å²) in [6.45, 7) is 4.46. The van der Waals surface area contributed by atoms with E-state index in [2.05, 4.69) is 66.9 Å². The Balaban J connectivity index is 1.54. The number of imide groups is 2. The topological polar surface area (TPSA) is 62.6 Å². The summed E-state index contributed by atoms with van der Waals surface area (Å²) < 4.78 is 2.33. The average molecular weight is 458 g/mol. The first-order chi connectivity index (χ1) is 15.7. The molecular formula is C26H23N3O3S. The molecule has 1 saturated heterocycles. The Morgan fingerprint density at radius 1 is 0.879 bits per heavy atom. The SMILES string of the molecule is CN1C(=O)C(Cc2cc3c(s2)-n2c4ccccc4c4cccc(c42)C3(C)C)C(=O)N(C)C1=O. The van der Waals surface area contributed by atoms with Crippen LogP contribution in [0.15, 0.2) is 48.5 Å². The van der Waals surface area contributed by atoms with Gasteiger partial charge in [-0.1, -0.05) is 50.2 Å². The standard InChI is InChI=1S/C26H23N3O3S/c1-26(2)18-10-7-9-16-15-8-5-6-11-20(15)29(21(16)18)24-19(26)13-14(33-24)12-17-22(30)27(3)25(32)28(4)23(17)31/h5-11,13,17H,12H2,1-4H3. The van der Waals surface area contributed by atoms with Gasteiger partial charge in [0.15, 0.2) is 0 Å². The number of thiophene rings is 1. The average Bonchev–Trinajstić information content (AvgIpc) is 3.38. The molecule has 0 N–H and O–H groups in total. The first kappa shape index (κ1) is 20.2. The Morgan fingerprint density at radius 3 is 2.27 bits per heavy atom. The van der Waals surface area contributed by atoms with Gasteiger partial charge in [-0.2, -0.15) is 0 Å². The molecule has 4 amide bonds. The second kappa shape index (κ2) is 6.54. The van der Waals surface area contributed by atoms with Gasteiger partial charge in [-0.05, 0) is 23.3 Å². The molecule has 7 heteroatoms. The number of barbiturate groups is 1. The molecule has 4 heterocycles. The minimum atomic E-state index is -0.885. The molecule has 33 heavy (non-hydrogen) atoms. The summed E-state index contributed by atoms with van der Waals surface area (Å²) in [7, 11) is 2.87. The van der Waals surface area contributed by atoms with Crippen LogP contribution in [0.25, 0.3) is 26.8 Å². The summed E-state index contributed by atoms with van der Waals surface area (Å²) in [5.41, 5.74) is 4.61. The van der Waals surface area contributed by atoms with Crippen LogP contribution < -0.4 is 0 Å². The van der Waals surface area contributed by atoms with Crippen LogP contribution in [0.4, 0.5) is 4.79 Å². The largest absolute Gasteiger partial charge is 0.332 e. The van der Waals surface area contributed by atoms with E-state index in [0.29, 0.717) is 0 Å². The van der Waals surface area contributed by atoms with Crippen molar-refractivity contribution in [1.29, 1.82) is 0 Å². The highest BCUT2D eigenvalue weighted by Gasteiger charge is 2.43. The second-order valence-corrected chi connectivity index (χ2v) is 10.6. The van der Waals surface area contributed by atoms with Crippen molar-refractivity contribution in [3.05, 3.63) is 64.5 Å². The molecule has 0 atom stereocenters. The summed E-state index contributed by atoms with van der Waals surface area (Å²) in [6.07, 6.45) is 0.284. The number of amides is 4. The fraction of sp³-hybridized carbons (Fsp3) is 0.269. The third-order valence-electron chi connectivity index (χ3n) is 7.24. The van der Waals surface area contributed by atoms with Crippen molar-refractivity contribution in [3.8, 4) is 5.00 Å². The van der Waals surface area contributed by atoms with Crippen LogP contribution in [-0.4, -0.2) is 46.3 Å². The lowest BCUT2D eigenvalue weighted by molar-refractivity contribution is -0.147. The Morgan fingerprint density at radius 2 is 1.55 bits per heavy atom. The minimum Gasteiger partial charge on any atom is -0.300 e. The first-order valence-corrected chi connectivity index (χ1v) is 11.8. The molecule has 2 aromatic carbocycles. The zero-order chi connectivity index (χ0) is 23.2. The number of rotatable bonds is 2. The van der Waals surface area contributed by atoms with Gasteiger partial charge in [0.1, 0.15) is 10.9 Å². The highest BCUT2D eigenvalue weighted by Crippen LogP contribution is 2.50. The van der Waals surface area contributed by atoms with E-state index in [9.17, 15) is 14.4 Å². The predicted molar refractivity (Wildman–Crippen MR) is 129 cm³/mol. The molecule has 0 aliphatic carbocycles. The normalized spacial score (nSPS) is 18.0. The Bertz CT molecular complexity index is 1500. The molecule has 166 valence electrons. The van der Waals surface area contributed by atoms with Gasteiger partial charge in [0, 0.05) is 41.6 Å². The van der Waals surface area contributed by atoms with Crippen LogP contribution in [0, 0.1) is 5.92 Å². The van der Waals surface area contributed by atoms with Gasteiger partial charge in [0.05, 0.1) is 11.0 Å². The number of fused-ring (bicyclic) bond motifs is 5. The van der Waals surface area contributed by atoms with Crippen LogP contribution in [0.1, 0.15) is 29.9 Å². The molecule has 4 aromatic rings. The highest BCUT2D eigenvalue weighted by molar-refractivity contribution is 7.14. The van der Waals surface area contributed by atoms with Gasteiger partial charge in [-0.3, -0.25) is 19.4 Å². The summed E-state index contributed by atoms with van der Waals surface area (Å²) in [4.78, 5) is 40.8. The maximum Gasteiger partial charge on any atom is 0.332 e. The predicted octanol–water partition coefficient (Wildman–Crippen LogP) is 4.69. The lowest BCUT2D eigenvalue weighted by Crippen LogP contribution is -2.57. The number of urea groups is 1. The van der Waals surface area contributed by atoms with Crippen LogP contribution in [0.2, 0.25) is 0 Å². The fourth-order valence-corrected chi connectivity index (χ4v) is 6.77. The molecule has 2 aliphatic heterocycles. The third kappa shape index (κ3) is 2.51. The number of benzene rings is 2. The number of hydrogen-bond donors (Lipinski definition) is 0. The Kier molecular flexibility index (Phi) is 4.00. The molecule has 6 nitrogen and oxygen atoms in total. The van der Waals surface area contributed by atoms with Gasteiger partial charge in [0.25, 0.3) is 0 Å². The molecule has 6 rings (SSSR count). The van der Waals surface area contributed by atoms with Crippen LogP contribution >= 0.6 is 11.3 Å². The van der Waals surface area contributed by atoms with E-state index in [4.69, 9.17) is 0 Å². The van der Waals surface area contributed by atoms with Crippen molar-refractivity contribution in [3.63, 3.8) is 0 Å². The lowest BCUT2D eigenvalue weighted by atomic mass is 9.76. The summed E-state index contributed by atoms with van der Waals surface area (Å²) in [6, 6.07) is 16.5. The molecule has 0 spiro atoms. The second-order valence-electron chi connectivity index (χ2n) is 9.44. The van der Waals surface area contributed by atoms with E-state index >= 15 is 0 Å². The van der Waals surface area contributed by atoms with Crippen LogP contribution in [0.5, 0.6) is 0 Å². The quantitative estimate of drug-likeness (QED) is 0.410. The van der Waals surface area contributed by atoms with Crippen molar-refractivity contribution in [2.45, 2.75) is 25.7 Å². The molecule has 0 unspecified atom stereocenters. The Labute approximate surface area is 195 Å². The van der Waals surface area contributed by atoms with Gasteiger partial charge < -0.3 is 4.57 Å². The van der Waals surface area contributed by atoms with Gasteiger partial charge >= 0.3 is 6.03 Å². The summed E-state index contributed by atoms with van der Waals surface area (Å²) >= 11 is 1.63. The smallest absolute Gasteiger partial charge is 0.300 e. The Hall–Kier alpha value is -3.45. The van der Waals surface area contributed by atoms with E-state index in [1.54, 1.807) is 11.3 Å². The van der Waals surface area contributed by atoms with Crippen molar-refractivity contribution in [2.24, 2.45) is 5.92 Å². The molecule has 0 radical (unpaired) electrons. The first-order valence-electron chi connectivity index (χ1n) is 11.0. The van der Waals surface area contributed by atoms with Gasteiger partial charge in [-0.15, -0.1) is 11.3 Å². The van der Waals surface area contributed by atoms with Crippen LogP contribution in [0.3, 0.4) is 0 Å². The summed E-state index contributed by atoms with van der Waals surface area (Å²) in [5.74, 6) is -1.76. The highest BCUT2D eigenvalue weighted by atomic mass is 32.1. The molecule has 2 aliphatic rings. The van der Waals surface area contributed by atoms with E-state index in [1.165, 1.54) is 41.5 Å². The summed E-state index contributed by atoms with van der Waals surface area (Å²) in [5, 5.41) is 3.58. The number of aromatic nitrogens is 1. The third-order valence-corrected chi connectivity index (χ3v) is 8.39. The van der Waals surface area contributed by atoms with Crippen molar-refractivity contribution >= 4 is 51.0 Å². The number of para-hydroxylation sites is 2. The maximum absolute atomic E-state index is 12.8. The van der Waals surface area contributed by atoms with Crippen molar-refractivity contribution < 1.29 is 14.4 Å². The molecule has 0 saturated carbocycles. The van der Waals surface area contributed by atoms with E-state index in [0.717, 1.165) is 25.2 Å². The van der Waals surface area contributed by atoms with E-state index < -0.39 is 23.8 Å². The molecule has 0 bridgehead atoms. The number of hydrogen-bond acceptors (Lipinski definition) is 4. The van der Waals surface area contributed by atoms with Gasteiger partial charge in [0.2, 0.25) is 11.8 Å². The number of carbonyl (C=O) groups excluding carboxylic acids is 3. The molecular weight excluding hydrogens is 434 g/mol. The van der Waals surface area contributed by atoms with E-state index in [-0.39, 0.29) is 11.8 Å². The van der Waals surface area contributed by atoms with Crippen molar-refractivity contribution in [2.75, 3.05) is 14.1 Å². The number of nitrogens with zero attached hydrogens (tertiary/aromatic N) is 3. The zero-order valence-electron chi connectivity index (χ0n) is 18.9. The lowest BCUT2D eigenvalue weighted by Gasteiger charge is -2.32. The molecule has 1 fully saturated rings. The van der Waals surface area contributed by atoms with Gasteiger partial charge in [-0.25, -0.2) is 4.79 Å². The monoisotopic (exact) mass is 457 g/mol. The minimum absolute atomic E-state index is 0.224. The van der Waals surface area contributed by atoms with E-state index in [1.807, 2.05) is 0 Å². The van der Waals surface area contributed by atoms with Crippen molar-refractivity contribution in [1.82, 2.24) is 14.4 Å². The maximum atomic E-state index is 12.8. The fourth-order valence-electron chi connectivity index (χ4n) is 5.39. The molecule has 2 aromatic heterocycles. The van der Waals surface area contributed by atoms with Crippen LogP contribution in [-0.2, 0) is 21.4 Å². The zero-order valence-corrected chi connectivity index (χ0v) is 19.7. The number of carbonyl (C=O) groups is 3.